The van der Waals surface area contributed by atoms with E-state index in [0.717, 1.165) is 0 Å². The van der Waals surface area contributed by atoms with Crippen molar-refractivity contribution < 1.29 is 15.3 Å². The van der Waals surface area contributed by atoms with Gasteiger partial charge in [0.25, 0.3) is 0 Å². The first-order valence-corrected chi connectivity index (χ1v) is 12.2. The van der Waals surface area contributed by atoms with Crippen LogP contribution < -0.4 is 0 Å². The molecule has 0 saturated heterocycles. The molecule has 3 aliphatic carbocycles. The topological polar surface area (TPSA) is 60.7 Å². The zero-order valence-corrected chi connectivity index (χ0v) is 19.8. The fourth-order valence-corrected chi connectivity index (χ4v) is 6.39. The molecule has 3 saturated carbocycles. The molecule has 3 aliphatic rings. The van der Waals surface area contributed by atoms with Gasteiger partial charge >= 0.3 is 0 Å². The predicted molar refractivity (Wildman–Crippen MR) is 124 cm³/mol. The Balaban J connectivity index is 1.73. The van der Waals surface area contributed by atoms with Crippen molar-refractivity contribution >= 4 is 0 Å². The van der Waals surface area contributed by atoms with Crippen molar-refractivity contribution in [2.45, 2.75) is 104 Å². The van der Waals surface area contributed by atoms with Gasteiger partial charge in [-0.25, -0.2) is 0 Å². The second-order valence-electron chi connectivity index (χ2n) is 11.3. The Morgan fingerprint density at radius 2 is 1.70 bits per heavy atom. The normalized spacial score (nSPS) is 40.1. The standard InChI is InChI=1S/C27H44O3/c1-18(8-9-19(2)26(3,4)30)24-12-13-25-21(7-6-14-27(24,25)5)11-10-20-15-22(28)17-23(29)16-20/h8-11,18-19,22-25,28-30H,6-7,12-17H2,1-5H3/b9-8+,20-10-,21-11+/t18-,19+,22-,23?,24-,25?,27-/m1/s1. The van der Waals surface area contributed by atoms with Gasteiger partial charge in [-0.15, -0.1) is 0 Å². The van der Waals surface area contributed by atoms with Gasteiger partial charge in [0.15, 0.2) is 0 Å². The SMILES string of the molecule is C[C@H](/C=C/[C@H](C)C(C)(C)O)[C@H]1CCC2/C(=C/C=C3\CC(O)C[C@H](O)C3)CCC[C@@]21C. The van der Waals surface area contributed by atoms with Crippen LogP contribution in [0.5, 0.6) is 0 Å². The first kappa shape index (κ1) is 23.8. The Labute approximate surface area is 184 Å². The molecule has 3 nitrogen and oxygen atoms in total. The molecule has 0 spiro atoms. The molecular formula is C27H44O3. The van der Waals surface area contributed by atoms with Crippen molar-refractivity contribution in [2.75, 3.05) is 0 Å². The lowest BCUT2D eigenvalue weighted by Crippen LogP contribution is -2.35. The molecule has 0 aromatic rings. The van der Waals surface area contributed by atoms with Crippen LogP contribution in [0.15, 0.2) is 35.5 Å². The zero-order chi connectivity index (χ0) is 22.1. The molecule has 0 radical (unpaired) electrons. The van der Waals surface area contributed by atoms with E-state index in [9.17, 15) is 15.3 Å². The van der Waals surface area contributed by atoms with Gasteiger partial charge in [-0.3, -0.25) is 0 Å². The summed E-state index contributed by atoms with van der Waals surface area (Å²) >= 11 is 0. The second-order valence-corrected chi connectivity index (χ2v) is 11.3. The number of hydrogen-bond acceptors (Lipinski definition) is 3. The van der Waals surface area contributed by atoms with Crippen molar-refractivity contribution in [2.24, 2.45) is 29.1 Å². The summed E-state index contributed by atoms with van der Waals surface area (Å²) < 4.78 is 0. The van der Waals surface area contributed by atoms with Crippen LogP contribution in [0.1, 0.15) is 86.0 Å². The van der Waals surface area contributed by atoms with E-state index < -0.39 is 17.8 Å². The molecule has 2 unspecified atom stereocenters. The molecule has 0 aromatic heterocycles. The van der Waals surface area contributed by atoms with E-state index in [1.165, 1.54) is 37.7 Å². The van der Waals surface area contributed by atoms with Crippen molar-refractivity contribution in [3.63, 3.8) is 0 Å². The minimum atomic E-state index is -0.674. The summed E-state index contributed by atoms with van der Waals surface area (Å²) in [5.74, 6) is 2.00. The third kappa shape index (κ3) is 5.29. The molecule has 3 rings (SSSR count). The van der Waals surface area contributed by atoms with E-state index in [1.807, 2.05) is 13.8 Å². The highest BCUT2D eigenvalue weighted by Crippen LogP contribution is 2.59. The summed E-state index contributed by atoms with van der Waals surface area (Å²) in [4.78, 5) is 0. The van der Waals surface area contributed by atoms with Gasteiger partial charge in [0, 0.05) is 5.92 Å². The summed E-state index contributed by atoms with van der Waals surface area (Å²) in [5.41, 5.74) is 2.43. The van der Waals surface area contributed by atoms with E-state index in [-0.39, 0.29) is 5.92 Å². The monoisotopic (exact) mass is 416 g/mol. The van der Waals surface area contributed by atoms with E-state index in [4.69, 9.17) is 0 Å². The highest BCUT2D eigenvalue weighted by atomic mass is 16.3. The predicted octanol–water partition coefficient (Wildman–Crippen LogP) is 5.56. The molecule has 3 fully saturated rings. The van der Waals surface area contributed by atoms with Crippen LogP contribution in [0, 0.1) is 29.1 Å². The van der Waals surface area contributed by atoms with Gasteiger partial charge in [-0.1, -0.05) is 56.2 Å². The molecule has 0 heterocycles. The fourth-order valence-electron chi connectivity index (χ4n) is 6.39. The van der Waals surface area contributed by atoms with E-state index in [0.29, 0.717) is 42.4 Å². The third-order valence-corrected chi connectivity index (χ3v) is 8.56. The van der Waals surface area contributed by atoms with Crippen molar-refractivity contribution in [1.29, 1.82) is 0 Å². The molecule has 170 valence electrons. The lowest BCUT2D eigenvalue weighted by Gasteiger charge is -2.44. The highest BCUT2D eigenvalue weighted by Gasteiger charge is 2.50. The minimum absolute atomic E-state index is 0.152. The fraction of sp³-hybridized carbons (Fsp3) is 0.778. The minimum Gasteiger partial charge on any atom is -0.393 e. The van der Waals surface area contributed by atoms with E-state index in [2.05, 4.69) is 45.1 Å². The molecule has 0 aromatic carbocycles. The first-order valence-electron chi connectivity index (χ1n) is 12.2. The number of allylic oxidation sites excluding steroid dienone is 4. The average molecular weight is 417 g/mol. The molecule has 7 atom stereocenters. The Morgan fingerprint density at radius 1 is 1.03 bits per heavy atom. The van der Waals surface area contributed by atoms with Gasteiger partial charge in [-0.2, -0.15) is 0 Å². The van der Waals surface area contributed by atoms with Gasteiger partial charge < -0.3 is 15.3 Å². The Morgan fingerprint density at radius 3 is 2.33 bits per heavy atom. The van der Waals surface area contributed by atoms with Crippen LogP contribution in [-0.2, 0) is 0 Å². The molecule has 3 heteroatoms. The Hall–Kier alpha value is -0.900. The maximum absolute atomic E-state index is 10.2. The Bertz CT molecular complexity index is 671. The number of rotatable bonds is 5. The molecule has 3 N–H and O–H groups in total. The number of aliphatic hydroxyl groups is 3. The quantitative estimate of drug-likeness (QED) is 0.514. The van der Waals surface area contributed by atoms with Crippen molar-refractivity contribution in [1.82, 2.24) is 0 Å². The smallest absolute Gasteiger partial charge is 0.0651 e. The summed E-state index contributed by atoms with van der Waals surface area (Å²) in [5, 5.41) is 30.2. The molecular weight excluding hydrogens is 372 g/mol. The van der Waals surface area contributed by atoms with Crippen LogP contribution in [0.2, 0.25) is 0 Å². The molecule has 0 amide bonds. The summed E-state index contributed by atoms with van der Waals surface area (Å²) in [6, 6.07) is 0. The van der Waals surface area contributed by atoms with Crippen LogP contribution >= 0.6 is 0 Å². The zero-order valence-electron chi connectivity index (χ0n) is 19.8. The maximum atomic E-state index is 10.2. The van der Waals surface area contributed by atoms with Crippen LogP contribution in [0.4, 0.5) is 0 Å². The van der Waals surface area contributed by atoms with Crippen molar-refractivity contribution in [3.05, 3.63) is 35.5 Å². The van der Waals surface area contributed by atoms with Gasteiger partial charge in [0.05, 0.1) is 17.8 Å². The third-order valence-electron chi connectivity index (χ3n) is 8.56. The van der Waals surface area contributed by atoms with Crippen LogP contribution in [-0.4, -0.2) is 33.1 Å². The van der Waals surface area contributed by atoms with Gasteiger partial charge in [0.1, 0.15) is 0 Å². The van der Waals surface area contributed by atoms with Gasteiger partial charge in [0.2, 0.25) is 0 Å². The summed E-state index contributed by atoms with van der Waals surface area (Å²) in [6.07, 6.45) is 16.5. The Kier molecular flexibility index (Phi) is 7.37. The number of hydrogen-bond donors (Lipinski definition) is 3. The maximum Gasteiger partial charge on any atom is 0.0651 e. The number of fused-ring (bicyclic) bond motifs is 1. The van der Waals surface area contributed by atoms with E-state index >= 15 is 0 Å². The number of aliphatic hydroxyl groups excluding tert-OH is 2. The lowest BCUT2D eigenvalue weighted by molar-refractivity contribution is 0.0436. The lowest BCUT2D eigenvalue weighted by atomic mass is 9.61. The average Bonchev–Trinajstić information content (AvgIpc) is 3.00. The van der Waals surface area contributed by atoms with Gasteiger partial charge in [-0.05, 0) is 88.4 Å². The van der Waals surface area contributed by atoms with E-state index in [1.54, 1.807) is 5.57 Å². The molecule has 0 aliphatic heterocycles. The molecule has 30 heavy (non-hydrogen) atoms. The summed E-state index contributed by atoms with van der Waals surface area (Å²) in [7, 11) is 0. The highest BCUT2D eigenvalue weighted by molar-refractivity contribution is 5.26. The van der Waals surface area contributed by atoms with Crippen molar-refractivity contribution in [3.8, 4) is 0 Å². The largest absolute Gasteiger partial charge is 0.393 e. The summed E-state index contributed by atoms with van der Waals surface area (Å²) in [6.45, 7) is 10.7. The molecule has 0 bridgehead atoms. The second kappa shape index (κ2) is 9.30. The van der Waals surface area contributed by atoms with Crippen LogP contribution in [0.25, 0.3) is 0 Å². The first-order chi connectivity index (χ1) is 14.0. The van der Waals surface area contributed by atoms with Crippen LogP contribution in [0.3, 0.4) is 0 Å².